The first kappa shape index (κ1) is 16.7. The van der Waals surface area contributed by atoms with Crippen LogP contribution in [0.15, 0.2) is 58.1 Å². The molecule has 2 aromatic rings. The Kier molecular flexibility index (Phi) is 4.99. The average molecular weight is 317 g/mol. The Morgan fingerprint density at radius 2 is 1.79 bits per heavy atom. The zero-order chi connectivity index (χ0) is 17.1. The number of benzene rings is 2. The molecule has 0 bridgehead atoms. The van der Waals surface area contributed by atoms with Gasteiger partial charge in [0, 0.05) is 18.3 Å². The van der Waals surface area contributed by atoms with Gasteiger partial charge in [0.15, 0.2) is 0 Å². The maximum atomic E-state index is 4.72. The van der Waals surface area contributed by atoms with Gasteiger partial charge in [0.2, 0.25) is 0 Å². The van der Waals surface area contributed by atoms with Gasteiger partial charge >= 0.3 is 0 Å². The standard InChI is InChI=1S/C23H27N/c1-5-6-13-24-15-23-20-10-8-7-9-19(20)11-12-21(23)22-14-16(2)17(3)18(22)4/h7-12,15H,5-6,13-14H2,1-4H3. The van der Waals surface area contributed by atoms with Crippen LogP contribution < -0.4 is 0 Å². The lowest BCUT2D eigenvalue weighted by Gasteiger charge is -2.13. The number of fused-ring (bicyclic) bond motifs is 1. The summed E-state index contributed by atoms with van der Waals surface area (Å²) in [6, 6.07) is 13.2. The molecule has 0 fully saturated rings. The normalized spacial score (nSPS) is 15.3. The maximum absolute atomic E-state index is 4.72. The van der Waals surface area contributed by atoms with E-state index >= 15 is 0 Å². The first-order valence-electron chi connectivity index (χ1n) is 9.02. The molecule has 0 unspecified atom stereocenters. The highest BCUT2D eigenvalue weighted by molar-refractivity contribution is 6.05. The number of rotatable bonds is 5. The molecule has 1 aliphatic rings. The Balaban J connectivity index is 2.13. The summed E-state index contributed by atoms with van der Waals surface area (Å²) in [5, 5.41) is 2.59. The Hall–Kier alpha value is -2.15. The van der Waals surface area contributed by atoms with Gasteiger partial charge in [-0.15, -0.1) is 0 Å². The van der Waals surface area contributed by atoms with Gasteiger partial charge in [-0.05, 0) is 66.7 Å². The van der Waals surface area contributed by atoms with Gasteiger partial charge in [-0.2, -0.15) is 0 Å². The van der Waals surface area contributed by atoms with Crippen LogP contribution in [0.1, 0.15) is 58.1 Å². The Morgan fingerprint density at radius 3 is 2.50 bits per heavy atom. The van der Waals surface area contributed by atoms with Crippen molar-refractivity contribution < 1.29 is 0 Å². The summed E-state index contributed by atoms with van der Waals surface area (Å²) < 4.78 is 0. The topological polar surface area (TPSA) is 12.4 Å². The van der Waals surface area contributed by atoms with E-state index in [0.717, 1.165) is 19.4 Å². The third-order valence-corrected chi connectivity index (χ3v) is 5.25. The molecule has 0 heterocycles. The summed E-state index contributed by atoms with van der Waals surface area (Å²) in [4.78, 5) is 4.72. The van der Waals surface area contributed by atoms with Gasteiger partial charge in [0.05, 0.1) is 0 Å². The second-order valence-corrected chi connectivity index (χ2v) is 6.82. The first-order valence-corrected chi connectivity index (χ1v) is 9.02. The molecular weight excluding hydrogens is 290 g/mol. The molecular formula is C23H27N. The second-order valence-electron chi connectivity index (χ2n) is 6.82. The van der Waals surface area contributed by atoms with Crippen LogP contribution in [0.25, 0.3) is 16.3 Å². The molecule has 0 N–H and O–H groups in total. The zero-order valence-corrected chi connectivity index (χ0v) is 15.3. The minimum absolute atomic E-state index is 0.910. The van der Waals surface area contributed by atoms with E-state index in [1.807, 2.05) is 0 Å². The lowest BCUT2D eigenvalue weighted by Crippen LogP contribution is -1.96. The highest BCUT2D eigenvalue weighted by Gasteiger charge is 2.19. The van der Waals surface area contributed by atoms with Crippen LogP contribution in [0.4, 0.5) is 0 Å². The van der Waals surface area contributed by atoms with Crippen LogP contribution in [0.5, 0.6) is 0 Å². The molecule has 1 nitrogen and oxygen atoms in total. The van der Waals surface area contributed by atoms with Crippen molar-refractivity contribution in [2.24, 2.45) is 4.99 Å². The van der Waals surface area contributed by atoms with Crippen molar-refractivity contribution in [2.75, 3.05) is 6.54 Å². The van der Waals surface area contributed by atoms with Crippen molar-refractivity contribution in [2.45, 2.75) is 47.0 Å². The minimum atomic E-state index is 0.910. The Labute approximate surface area is 145 Å². The number of hydrogen-bond donors (Lipinski definition) is 0. The van der Waals surface area contributed by atoms with E-state index in [2.05, 4.69) is 70.3 Å². The third kappa shape index (κ3) is 3.08. The molecule has 0 radical (unpaired) electrons. The van der Waals surface area contributed by atoms with Gasteiger partial charge in [-0.1, -0.05) is 55.3 Å². The summed E-state index contributed by atoms with van der Waals surface area (Å²) >= 11 is 0. The van der Waals surface area contributed by atoms with E-state index in [4.69, 9.17) is 4.99 Å². The molecule has 0 aliphatic heterocycles. The van der Waals surface area contributed by atoms with E-state index in [0.29, 0.717) is 0 Å². The third-order valence-electron chi connectivity index (χ3n) is 5.25. The van der Waals surface area contributed by atoms with Crippen molar-refractivity contribution in [3.05, 3.63) is 64.2 Å². The number of allylic oxidation sites excluding steroid dienone is 4. The monoisotopic (exact) mass is 317 g/mol. The minimum Gasteiger partial charge on any atom is -0.293 e. The van der Waals surface area contributed by atoms with Crippen molar-refractivity contribution in [3.8, 4) is 0 Å². The number of aliphatic imine (C=N–C) groups is 1. The fraction of sp³-hybridized carbons (Fsp3) is 0.348. The van der Waals surface area contributed by atoms with Crippen LogP contribution in [-0.4, -0.2) is 12.8 Å². The van der Waals surface area contributed by atoms with E-state index < -0.39 is 0 Å². The number of nitrogens with zero attached hydrogens (tertiary/aromatic N) is 1. The van der Waals surface area contributed by atoms with Crippen molar-refractivity contribution in [1.29, 1.82) is 0 Å². The molecule has 3 rings (SSSR count). The SMILES string of the molecule is CCCCN=Cc1c(C2=C(C)C(C)=C(C)C2)ccc2ccccc12. The molecule has 0 aromatic heterocycles. The van der Waals surface area contributed by atoms with Crippen LogP contribution >= 0.6 is 0 Å². The lowest BCUT2D eigenvalue weighted by atomic mass is 9.92. The highest BCUT2D eigenvalue weighted by Crippen LogP contribution is 2.40. The summed E-state index contributed by atoms with van der Waals surface area (Å²) in [5.74, 6) is 0. The first-order chi connectivity index (χ1) is 11.6. The van der Waals surface area contributed by atoms with Crippen LogP contribution in [0.3, 0.4) is 0 Å². The van der Waals surface area contributed by atoms with E-state index in [9.17, 15) is 0 Å². The number of hydrogen-bond acceptors (Lipinski definition) is 1. The predicted molar refractivity (Wildman–Crippen MR) is 107 cm³/mol. The van der Waals surface area contributed by atoms with Gasteiger partial charge in [-0.3, -0.25) is 4.99 Å². The molecule has 2 aromatic carbocycles. The Bertz CT molecular complexity index is 849. The highest BCUT2D eigenvalue weighted by atomic mass is 14.7. The smallest absolute Gasteiger partial charge is 0.0389 e. The van der Waals surface area contributed by atoms with E-state index in [1.54, 1.807) is 0 Å². The number of unbranched alkanes of at least 4 members (excludes halogenated alkanes) is 1. The lowest BCUT2D eigenvalue weighted by molar-refractivity contribution is 0.810. The summed E-state index contributed by atoms with van der Waals surface area (Å²) in [5.41, 5.74) is 8.47. The summed E-state index contributed by atoms with van der Waals surface area (Å²) in [7, 11) is 0. The van der Waals surface area contributed by atoms with Gasteiger partial charge in [0.1, 0.15) is 0 Å². The molecule has 0 amide bonds. The van der Waals surface area contributed by atoms with Crippen LogP contribution in [-0.2, 0) is 0 Å². The van der Waals surface area contributed by atoms with Gasteiger partial charge < -0.3 is 0 Å². The molecule has 0 atom stereocenters. The van der Waals surface area contributed by atoms with Crippen LogP contribution in [0, 0.1) is 0 Å². The summed E-state index contributed by atoms with van der Waals surface area (Å²) in [6.07, 6.45) is 5.51. The van der Waals surface area contributed by atoms with Gasteiger partial charge in [0.25, 0.3) is 0 Å². The largest absolute Gasteiger partial charge is 0.293 e. The predicted octanol–water partition coefficient (Wildman–Crippen LogP) is 6.57. The van der Waals surface area contributed by atoms with Crippen LogP contribution in [0.2, 0.25) is 0 Å². The fourth-order valence-corrected chi connectivity index (χ4v) is 3.48. The van der Waals surface area contributed by atoms with E-state index in [1.165, 1.54) is 50.6 Å². The molecule has 1 heteroatoms. The van der Waals surface area contributed by atoms with Crippen molar-refractivity contribution >= 4 is 22.6 Å². The molecule has 0 saturated heterocycles. The average Bonchev–Trinajstić information content (AvgIpc) is 2.86. The molecule has 0 saturated carbocycles. The Morgan fingerprint density at radius 1 is 1.00 bits per heavy atom. The molecule has 24 heavy (non-hydrogen) atoms. The quantitative estimate of drug-likeness (QED) is 0.436. The molecule has 1 aliphatic carbocycles. The van der Waals surface area contributed by atoms with Gasteiger partial charge in [-0.25, -0.2) is 0 Å². The fourth-order valence-electron chi connectivity index (χ4n) is 3.48. The second kappa shape index (κ2) is 7.17. The van der Waals surface area contributed by atoms with E-state index in [-0.39, 0.29) is 0 Å². The van der Waals surface area contributed by atoms with Crippen molar-refractivity contribution in [3.63, 3.8) is 0 Å². The maximum Gasteiger partial charge on any atom is 0.0389 e. The zero-order valence-electron chi connectivity index (χ0n) is 15.3. The molecule has 124 valence electrons. The molecule has 0 spiro atoms. The summed E-state index contributed by atoms with van der Waals surface area (Å²) in [6.45, 7) is 9.88. The van der Waals surface area contributed by atoms with Crippen molar-refractivity contribution in [1.82, 2.24) is 0 Å².